The van der Waals surface area contributed by atoms with Gasteiger partial charge < -0.3 is 8.92 Å². The zero-order chi connectivity index (χ0) is 23.1. The Balaban J connectivity index is 1.83. The minimum Gasteiger partial charge on any atom is -0.490 e. The van der Waals surface area contributed by atoms with Gasteiger partial charge in [-0.25, -0.2) is 5.43 Å². The minimum absolute atomic E-state index is 0.0258. The summed E-state index contributed by atoms with van der Waals surface area (Å²) in [5.41, 5.74) is 4.42. The van der Waals surface area contributed by atoms with Gasteiger partial charge in [0.1, 0.15) is 4.90 Å². The lowest BCUT2D eigenvalue weighted by Crippen LogP contribution is -2.17. The average Bonchev–Trinajstić information content (AvgIpc) is 2.77. The number of nitrogens with one attached hydrogen (secondary N) is 1. The van der Waals surface area contributed by atoms with E-state index in [2.05, 4.69) is 26.5 Å². The van der Waals surface area contributed by atoms with Gasteiger partial charge in [-0.3, -0.25) is 4.79 Å². The normalized spacial score (nSPS) is 11.3. The molecule has 0 aromatic heterocycles. The molecule has 0 aliphatic carbocycles. The first-order valence-electron chi connectivity index (χ1n) is 9.66. The standard InChI is InChI=1S/C23H21BrN2O5S/c1-3-30-21-14-17(15-25-26-23(27)18-7-5-4-6-8-18)13-20(24)22(21)31-32(28,29)19-11-9-16(2)10-12-19/h4-15H,3H2,1-2H3,(H,26,27)/b25-15-. The van der Waals surface area contributed by atoms with E-state index in [0.29, 0.717) is 22.2 Å². The molecule has 0 heterocycles. The lowest BCUT2D eigenvalue weighted by Gasteiger charge is -2.14. The van der Waals surface area contributed by atoms with E-state index in [-0.39, 0.29) is 22.3 Å². The number of halogens is 1. The van der Waals surface area contributed by atoms with Crippen LogP contribution >= 0.6 is 15.9 Å². The Morgan fingerprint density at radius 3 is 2.44 bits per heavy atom. The van der Waals surface area contributed by atoms with Crippen molar-refractivity contribution in [1.29, 1.82) is 0 Å². The highest BCUT2D eigenvalue weighted by atomic mass is 79.9. The summed E-state index contributed by atoms with van der Waals surface area (Å²) in [4.78, 5) is 12.1. The molecular weight excluding hydrogens is 496 g/mol. The van der Waals surface area contributed by atoms with Crippen LogP contribution < -0.4 is 14.3 Å². The van der Waals surface area contributed by atoms with Gasteiger partial charge in [-0.1, -0.05) is 35.9 Å². The molecule has 0 spiro atoms. The molecule has 0 saturated carbocycles. The summed E-state index contributed by atoms with van der Waals surface area (Å²) in [7, 11) is -4.07. The van der Waals surface area contributed by atoms with Gasteiger partial charge in [-0.2, -0.15) is 13.5 Å². The molecule has 0 fully saturated rings. The topological polar surface area (TPSA) is 94.1 Å². The van der Waals surface area contributed by atoms with Gasteiger partial charge in [0.25, 0.3) is 5.91 Å². The van der Waals surface area contributed by atoms with E-state index in [1.807, 2.05) is 13.0 Å². The molecule has 32 heavy (non-hydrogen) atoms. The van der Waals surface area contributed by atoms with Crippen molar-refractivity contribution in [2.24, 2.45) is 5.10 Å². The number of hydrogen-bond acceptors (Lipinski definition) is 6. The van der Waals surface area contributed by atoms with Crippen molar-refractivity contribution in [3.63, 3.8) is 0 Å². The Morgan fingerprint density at radius 2 is 1.78 bits per heavy atom. The average molecular weight is 517 g/mol. The molecule has 0 aliphatic heterocycles. The number of amides is 1. The van der Waals surface area contributed by atoms with E-state index in [0.717, 1.165) is 5.56 Å². The van der Waals surface area contributed by atoms with E-state index in [4.69, 9.17) is 8.92 Å². The summed E-state index contributed by atoms with van der Waals surface area (Å²) in [5, 5.41) is 3.96. The fraction of sp³-hybridized carbons (Fsp3) is 0.130. The molecule has 3 aromatic carbocycles. The number of benzene rings is 3. The first-order chi connectivity index (χ1) is 15.3. The highest BCUT2D eigenvalue weighted by Crippen LogP contribution is 2.38. The Kier molecular flexibility index (Phi) is 7.66. The molecule has 0 atom stereocenters. The highest BCUT2D eigenvalue weighted by Gasteiger charge is 2.22. The molecule has 1 amide bonds. The second-order valence-corrected chi connectivity index (χ2v) is 9.08. The largest absolute Gasteiger partial charge is 0.490 e. The van der Waals surface area contributed by atoms with Gasteiger partial charge in [-0.05, 0) is 71.7 Å². The molecule has 0 unspecified atom stereocenters. The van der Waals surface area contributed by atoms with E-state index in [1.165, 1.54) is 18.3 Å². The quantitative estimate of drug-likeness (QED) is 0.266. The van der Waals surface area contributed by atoms with Crippen molar-refractivity contribution in [2.75, 3.05) is 6.61 Å². The number of rotatable bonds is 8. The minimum atomic E-state index is -4.07. The Labute approximate surface area is 195 Å². The van der Waals surface area contributed by atoms with Gasteiger partial charge in [-0.15, -0.1) is 0 Å². The maximum atomic E-state index is 12.7. The van der Waals surface area contributed by atoms with Crippen molar-refractivity contribution in [3.05, 3.63) is 87.9 Å². The van der Waals surface area contributed by atoms with E-state index in [9.17, 15) is 13.2 Å². The van der Waals surface area contributed by atoms with Gasteiger partial charge in [0.05, 0.1) is 17.3 Å². The van der Waals surface area contributed by atoms with Crippen LogP contribution in [0.5, 0.6) is 11.5 Å². The van der Waals surface area contributed by atoms with Crippen LogP contribution in [0.25, 0.3) is 0 Å². The zero-order valence-corrected chi connectivity index (χ0v) is 19.8. The summed E-state index contributed by atoms with van der Waals surface area (Å²) in [6, 6.07) is 18.2. The molecule has 9 heteroatoms. The summed E-state index contributed by atoms with van der Waals surface area (Å²) < 4.78 is 36.8. The summed E-state index contributed by atoms with van der Waals surface area (Å²) >= 11 is 3.34. The number of carbonyl (C=O) groups is 1. The van der Waals surface area contributed by atoms with Crippen molar-refractivity contribution < 1.29 is 22.1 Å². The summed E-state index contributed by atoms with van der Waals surface area (Å²) in [5.74, 6) is -0.110. The monoisotopic (exact) mass is 516 g/mol. The van der Waals surface area contributed by atoms with Crippen molar-refractivity contribution in [1.82, 2.24) is 5.43 Å². The highest BCUT2D eigenvalue weighted by molar-refractivity contribution is 9.10. The predicted octanol–water partition coefficient (Wildman–Crippen LogP) is 4.69. The van der Waals surface area contributed by atoms with Gasteiger partial charge in [0, 0.05) is 5.56 Å². The SMILES string of the molecule is CCOc1cc(/C=N\NC(=O)c2ccccc2)cc(Br)c1OS(=O)(=O)c1ccc(C)cc1. The smallest absolute Gasteiger partial charge is 0.339 e. The number of nitrogens with zero attached hydrogens (tertiary/aromatic N) is 1. The first-order valence-corrected chi connectivity index (χ1v) is 11.9. The second kappa shape index (κ2) is 10.4. The lowest BCUT2D eigenvalue weighted by atomic mass is 10.2. The van der Waals surface area contributed by atoms with Crippen LogP contribution in [-0.4, -0.2) is 27.1 Å². The van der Waals surface area contributed by atoms with Crippen LogP contribution in [0.3, 0.4) is 0 Å². The number of hydrogen-bond donors (Lipinski definition) is 1. The van der Waals surface area contributed by atoms with Crippen LogP contribution in [0.4, 0.5) is 0 Å². The number of aryl methyl sites for hydroxylation is 1. The fourth-order valence-electron chi connectivity index (χ4n) is 2.69. The van der Waals surface area contributed by atoms with Crippen LogP contribution in [0.15, 0.2) is 81.2 Å². The van der Waals surface area contributed by atoms with Crippen molar-refractivity contribution in [2.45, 2.75) is 18.7 Å². The van der Waals surface area contributed by atoms with E-state index >= 15 is 0 Å². The van der Waals surface area contributed by atoms with E-state index in [1.54, 1.807) is 55.5 Å². The van der Waals surface area contributed by atoms with Crippen LogP contribution in [-0.2, 0) is 10.1 Å². The molecule has 0 saturated heterocycles. The molecule has 3 aromatic rings. The van der Waals surface area contributed by atoms with Crippen molar-refractivity contribution in [3.8, 4) is 11.5 Å². The maximum absolute atomic E-state index is 12.7. The van der Waals surface area contributed by atoms with Gasteiger partial charge in [0.2, 0.25) is 0 Å². The second-order valence-electron chi connectivity index (χ2n) is 6.68. The molecule has 3 rings (SSSR count). The Morgan fingerprint density at radius 1 is 1.09 bits per heavy atom. The van der Waals surface area contributed by atoms with Crippen LogP contribution in [0.1, 0.15) is 28.4 Å². The third kappa shape index (κ3) is 5.95. The number of ether oxygens (including phenoxy) is 1. The number of hydrazone groups is 1. The Bertz CT molecular complexity index is 1230. The third-order valence-corrected chi connectivity index (χ3v) is 6.07. The zero-order valence-electron chi connectivity index (χ0n) is 17.4. The summed E-state index contributed by atoms with van der Waals surface area (Å²) in [6.07, 6.45) is 1.42. The fourth-order valence-corrected chi connectivity index (χ4v) is 4.29. The Hall–Kier alpha value is -3.17. The molecule has 0 bridgehead atoms. The lowest BCUT2D eigenvalue weighted by molar-refractivity contribution is 0.0955. The summed E-state index contributed by atoms with van der Waals surface area (Å²) in [6.45, 7) is 3.93. The molecule has 7 nitrogen and oxygen atoms in total. The molecule has 0 aliphatic rings. The molecule has 1 N–H and O–H groups in total. The molecule has 166 valence electrons. The third-order valence-electron chi connectivity index (χ3n) is 4.25. The molecule has 0 radical (unpaired) electrons. The number of carbonyl (C=O) groups excluding carboxylic acids is 1. The predicted molar refractivity (Wildman–Crippen MR) is 126 cm³/mol. The van der Waals surface area contributed by atoms with Crippen molar-refractivity contribution >= 4 is 38.2 Å². The molecular formula is C23H21BrN2O5S. The first kappa shape index (κ1) is 23.5. The van der Waals surface area contributed by atoms with Gasteiger partial charge in [0.15, 0.2) is 11.5 Å². The van der Waals surface area contributed by atoms with Gasteiger partial charge >= 0.3 is 10.1 Å². The van der Waals surface area contributed by atoms with E-state index < -0.39 is 10.1 Å². The van der Waals surface area contributed by atoms with Crippen LogP contribution in [0, 0.1) is 6.92 Å². The maximum Gasteiger partial charge on any atom is 0.339 e. The van der Waals surface area contributed by atoms with Crippen LogP contribution in [0.2, 0.25) is 0 Å².